The monoisotopic (exact) mass is 569 g/mol. The lowest BCUT2D eigenvalue weighted by atomic mass is 10.1. The molecule has 0 N–H and O–H groups in total. The van der Waals surface area contributed by atoms with Gasteiger partial charge in [0, 0.05) is 25.8 Å². The minimum atomic E-state index is -3.71. The van der Waals surface area contributed by atoms with E-state index in [1.165, 1.54) is 27.8 Å². The van der Waals surface area contributed by atoms with Gasteiger partial charge in [0.25, 0.3) is 5.91 Å². The molecule has 1 saturated heterocycles. The Hall–Kier alpha value is -2.82. The number of likely N-dealkylation sites (N-methyl/N-ethyl adjacent to an activating group) is 1. The van der Waals surface area contributed by atoms with Gasteiger partial charge in [-0.1, -0.05) is 59.3 Å². The minimum Gasteiger partial charge on any atom is -0.377 e. The number of carbonyl (C=O) groups is 1. The number of thiazole rings is 1. The fraction of sp³-hybridized carbons (Fsp3) is 0.286. The second-order valence-corrected chi connectivity index (χ2v) is 12.8. The number of benzene rings is 3. The highest BCUT2D eigenvalue weighted by molar-refractivity contribution is 7.89. The summed E-state index contributed by atoms with van der Waals surface area (Å²) in [6, 6.07) is 19.5. The van der Waals surface area contributed by atoms with Crippen molar-refractivity contribution < 1.29 is 17.9 Å². The van der Waals surface area contributed by atoms with Gasteiger partial charge in [-0.05, 0) is 61.2 Å². The van der Waals surface area contributed by atoms with Crippen molar-refractivity contribution in [1.29, 1.82) is 0 Å². The zero-order valence-corrected chi connectivity index (χ0v) is 23.5. The second-order valence-electron chi connectivity index (χ2n) is 9.36. The molecule has 0 bridgehead atoms. The molecule has 1 aliphatic heterocycles. The summed E-state index contributed by atoms with van der Waals surface area (Å²) >= 11 is 7.80. The smallest absolute Gasteiger partial charge is 0.260 e. The number of hydrogen-bond acceptors (Lipinski definition) is 6. The van der Waals surface area contributed by atoms with Gasteiger partial charge in [0.05, 0.1) is 32.8 Å². The molecule has 4 aromatic rings. The van der Waals surface area contributed by atoms with Crippen molar-refractivity contribution in [3.05, 3.63) is 88.4 Å². The first-order valence-corrected chi connectivity index (χ1v) is 15.0. The summed E-state index contributed by atoms with van der Waals surface area (Å²) < 4.78 is 34.0. The van der Waals surface area contributed by atoms with E-state index in [-0.39, 0.29) is 16.9 Å². The molecule has 0 radical (unpaired) electrons. The zero-order chi connectivity index (χ0) is 26.9. The summed E-state index contributed by atoms with van der Waals surface area (Å²) in [6.45, 7) is 3.23. The van der Waals surface area contributed by atoms with Crippen molar-refractivity contribution in [2.24, 2.45) is 0 Å². The van der Waals surface area contributed by atoms with Crippen LogP contribution < -0.4 is 4.90 Å². The first-order valence-electron chi connectivity index (χ1n) is 12.3. The van der Waals surface area contributed by atoms with Gasteiger partial charge in [-0.3, -0.25) is 9.69 Å². The van der Waals surface area contributed by atoms with E-state index in [4.69, 9.17) is 21.3 Å². The Morgan fingerprint density at radius 3 is 2.50 bits per heavy atom. The first-order chi connectivity index (χ1) is 18.2. The fourth-order valence-electron chi connectivity index (χ4n) is 4.48. The quantitative estimate of drug-likeness (QED) is 0.264. The van der Waals surface area contributed by atoms with E-state index >= 15 is 0 Å². The van der Waals surface area contributed by atoms with E-state index < -0.39 is 10.0 Å². The molecule has 1 fully saturated rings. The molecule has 7 nitrogen and oxygen atoms in total. The van der Waals surface area contributed by atoms with Gasteiger partial charge in [-0.25, -0.2) is 13.4 Å². The Labute approximate surface area is 231 Å². The summed E-state index contributed by atoms with van der Waals surface area (Å²) in [5.41, 5.74) is 3.04. The van der Waals surface area contributed by atoms with Crippen LogP contribution in [0, 0.1) is 6.92 Å². The Kier molecular flexibility index (Phi) is 7.83. The zero-order valence-electron chi connectivity index (χ0n) is 21.1. The van der Waals surface area contributed by atoms with Gasteiger partial charge in [0.15, 0.2) is 5.13 Å². The van der Waals surface area contributed by atoms with Crippen LogP contribution in [0.15, 0.2) is 71.6 Å². The standard InChI is InChI=1S/C28H28ClN3O4S2/c1-19-10-15-24(29)26-25(19)30-28(37-26)32(17-20-7-4-3-5-8-20)27(33)21-11-13-23(14-12-21)38(34,35)31(2)18-22-9-6-16-36-22/h3-5,7-8,10-15,22H,6,9,16-18H2,1-2H3. The molecule has 10 heteroatoms. The molecule has 198 valence electrons. The Bertz CT molecular complexity index is 1510. The maximum absolute atomic E-state index is 13.8. The number of aromatic nitrogens is 1. The van der Waals surface area contributed by atoms with E-state index in [1.54, 1.807) is 24.1 Å². The van der Waals surface area contributed by atoms with Crippen molar-refractivity contribution in [2.75, 3.05) is 25.1 Å². The lowest BCUT2D eigenvalue weighted by molar-refractivity contribution is 0.0978. The topological polar surface area (TPSA) is 79.8 Å². The molecular formula is C28H28ClN3O4S2. The average molecular weight is 570 g/mol. The van der Waals surface area contributed by atoms with Gasteiger partial charge in [0.2, 0.25) is 10.0 Å². The number of amides is 1. The normalized spacial score (nSPS) is 15.8. The van der Waals surface area contributed by atoms with Crippen LogP contribution >= 0.6 is 22.9 Å². The molecule has 1 amide bonds. The van der Waals surface area contributed by atoms with Crippen molar-refractivity contribution in [1.82, 2.24) is 9.29 Å². The van der Waals surface area contributed by atoms with Crippen molar-refractivity contribution in [2.45, 2.75) is 37.3 Å². The van der Waals surface area contributed by atoms with E-state index in [0.717, 1.165) is 34.2 Å². The number of halogens is 1. The van der Waals surface area contributed by atoms with Crippen molar-refractivity contribution in [3.8, 4) is 0 Å². The van der Waals surface area contributed by atoms with Crippen LogP contribution in [0.3, 0.4) is 0 Å². The second kappa shape index (κ2) is 11.1. The SMILES string of the molecule is Cc1ccc(Cl)c2sc(N(Cc3ccccc3)C(=O)c3ccc(S(=O)(=O)N(C)CC4CCCO4)cc3)nc12. The molecule has 5 rings (SSSR count). The Balaban J connectivity index is 1.45. The molecular weight excluding hydrogens is 542 g/mol. The predicted octanol–water partition coefficient (Wildman–Crippen LogP) is 5.90. The molecule has 0 saturated carbocycles. The molecule has 1 aromatic heterocycles. The van der Waals surface area contributed by atoms with E-state index in [1.807, 2.05) is 49.4 Å². The number of anilines is 1. The minimum absolute atomic E-state index is 0.0897. The average Bonchev–Trinajstić information content (AvgIpc) is 3.61. The maximum Gasteiger partial charge on any atom is 0.260 e. The number of hydrogen-bond donors (Lipinski definition) is 0. The maximum atomic E-state index is 13.8. The molecule has 38 heavy (non-hydrogen) atoms. The van der Waals surface area contributed by atoms with Crippen LogP contribution in [0.1, 0.15) is 34.3 Å². The van der Waals surface area contributed by atoms with Crippen molar-refractivity contribution in [3.63, 3.8) is 0 Å². The third-order valence-electron chi connectivity index (χ3n) is 6.64. The summed E-state index contributed by atoms with van der Waals surface area (Å²) in [5.74, 6) is -0.279. The van der Waals surface area contributed by atoms with Crippen LogP contribution in [-0.4, -0.2) is 49.9 Å². The number of sulfonamides is 1. The van der Waals surface area contributed by atoms with Gasteiger partial charge < -0.3 is 4.74 Å². The van der Waals surface area contributed by atoms with Gasteiger partial charge >= 0.3 is 0 Å². The largest absolute Gasteiger partial charge is 0.377 e. The highest BCUT2D eigenvalue weighted by Crippen LogP contribution is 2.36. The van der Waals surface area contributed by atoms with Crippen molar-refractivity contribution >= 4 is 54.2 Å². The Morgan fingerprint density at radius 1 is 1.11 bits per heavy atom. The predicted molar refractivity (Wildman–Crippen MR) is 152 cm³/mol. The van der Waals surface area contributed by atoms with Gasteiger partial charge in [-0.15, -0.1) is 0 Å². The third kappa shape index (κ3) is 5.48. The highest BCUT2D eigenvalue weighted by Gasteiger charge is 2.27. The van der Waals surface area contributed by atoms with Crippen LogP contribution in [-0.2, 0) is 21.3 Å². The van der Waals surface area contributed by atoms with Crippen LogP contribution in [0.4, 0.5) is 5.13 Å². The molecule has 1 atom stereocenters. The van der Waals surface area contributed by atoms with Gasteiger partial charge in [-0.2, -0.15) is 4.31 Å². The number of carbonyl (C=O) groups excluding carboxylic acids is 1. The molecule has 3 aromatic carbocycles. The molecule has 0 aliphatic carbocycles. The molecule has 0 spiro atoms. The number of ether oxygens (including phenoxy) is 1. The summed E-state index contributed by atoms with van der Waals surface area (Å²) in [7, 11) is -2.16. The third-order valence-corrected chi connectivity index (χ3v) is 10.0. The lowest BCUT2D eigenvalue weighted by Gasteiger charge is -2.22. The fourth-order valence-corrected chi connectivity index (χ4v) is 6.99. The molecule has 2 heterocycles. The number of nitrogens with zero attached hydrogens (tertiary/aromatic N) is 3. The summed E-state index contributed by atoms with van der Waals surface area (Å²) in [5, 5.41) is 1.11. The summed E-state index contributed by atoms with van der Waals surface area (Å²) in [4.78, 5) is 20.3. The highest BCUT2D eigenvalue weighted by atomic mass is 35.5. The summed E-state index contributed by atoms with van der Waals surface area (Å²) in [6.07, 6.45) is 1.70. The van der Waals surface area contributed by atoms with Crippen LogP contribution in [0.25, 0.3) is 10.2 Å². The lowest BCUT2D eigenvalue weighted by Crippen LogP contribution is -2.34. The van der Waals surface area contributed by atoms with Crippen LogP contribution in [0.5, 0.6) is 0 Å². The van der Waals surface area contributed by atoms with E-state index in [9.17, 15) is 13.2 Å². The first kappa shape index (κ1) is 26.8. The van der Waals surface area contributed by atoms with E-state index in [0.29, 0.717) is 35.4 Å². The number of fused-ring (bicyclic) bond motifs is 1. The number of rotatable bonds is 8. The number of aryl methyl sites for hydroxylation is 1. The van der Waals surface area contributed by atoms with E-state index in [2.05, 4.69) is 0 Å². The van der Waals surface area contributed by atoms with Crippen LogP contribution in [0.2, 0.25) is 5.02 Å². The molecule has 1 aliphatic rings. The molecule has 1 unspecified atom stereocenters. The Morgan fingerprint density at radius 2 is 1.84 bits per heavy atom. The van der Waals surface area contributed by atoms with Gasteiger partial charge in [0.1, 0.15) is 0 Å².